The molecule has 0 bridgehead atoms. The molecule has 0 N–H and O–H groups in total. The predicted octanol–water partition coefficient (Wildman–Crippen LogP) is -1.45. The van der Waals surface area contributed by atoms with Gasteiger partial charge in [-0.25, -0.2) is 0 Å². The van der Waals surface area contributed by atoms with Gasteiger partial charge < -0.3 is 4.90 Å². The second-order valence-electron chi connectivity index (χ2n) is 2.63. The smallest absolute Gasteiger partial charge is 0.307 e. The maximum Gasteiger partial charge on any atom is 1.00 e. The molecule has 0 unspecified atom stereocenters. The molecule has 0 aromatic heterocycles. The van der Waals surface area contributed by atoms with E-state index in [9.17, 15) is 0 Å². The summed E-state index contributed by atoms with van der Waals surface area (Å²) in [7, 11) is 4.11. The van der Waals surface area contributed by atoms with E-state index in [1.165, 1.54) is 5.56 Å². The van der Waals surface area contributed by atoms with Gasteiger partial charge in [0, 0.05) is 27.6 Å². The quantitative estimate of drug-likeness (QED) is 0.449. The molecule has 1 rings (SSSR count). The van der Waals surface area contributed by atoms with Gasteiger partial charge in [-0.15, -0.1) is 5.56 Å². The van der Waals surface area contributed by atoms with Crippen molar-refractivity contribution in [3.8, 4) is 0 Å². The first-order valence-corrected chi connectivity index (χ1v) is 3.39. The number of hydrogen-bond donors (Lipinski definition) is 0. The largest absolute Gasteiger partial charge is 1.00 e. The first kappa shape index (κ1) is 15.0. The minimum absolute atomic E-state index is 0. The van der Waals surface area contributed by atoms with E-state index in [1.54, 1.807) is 0 Å². The van der Waals surface area contributed by atoms with Gasteiger partial charge in [0.15, 0.2) is 0 Å². The molecule has 12 heavy (non-hydrogen) atoms. The normalized spacial score (nSPS) is 8.58. The van der Waals surface area contributed by atoms with Gasteiger partial charge in [-0.2, -0.15) is 30.3 Å². The van der Waals surface area contributed by atoms with E-state index in [0.29, 0.717) is 0 Å². The van der Waals surface area contributed by atoms with Gasteiger partial charge in [0.05, 0.1) is 0 Å². The van der Waals surface area contributed by atoms with E-state index in [-0.39, 0.29) is 39.9 Å². The number of nitrogens with zero attached hydrogens (tertiary/aromatic N) is 1. The standard InChI is InChI=1S/C9H12N.Li.Mo/c1-10(2)8-9-6-4-3-5-7-9;;/h3-6H,8H2,1-2H3;;/q-1;+1;. The Balaban J connectivity index is 0. The Labute approximate surface area is 101 Å². The second-order valence-corrected chi connectivity index (χ2v) is 2.63. The molecule has 3 heteroatoms. The summed E-state index contributed by atoms with van der Waals surface area (Å²) in [6.45, 7) is 0.973. The molecule has 1 aromatic carbocycles. The summed E-state index contributed by atoms with van der Waals surface area (Å²) in [5, 5.41) is 0. The molecule has 1 aromatic rings. The zero-order valence-electron chi connectivity index (χ0n) is 7.87. The SMILES string of the molecule is CN(C)Cc1[c-]cccc1.[Li+].[Mo]. The third-order valence-corrected chi connectivity index (χ3v) is 1.26. The van der Waals surface area contributed by atoms with Crippen molar-refractivity contribution >= 4 is 0 Å². The third-order valence-electron chi connectivity index (χ3n) is 1.26. The van der Waals surface area contributed by atoms with E-state index in [4.69, 9.17) is 0 Å². The van der Waals surface area contributed by atoms with Crippen molar-refractivity contribution in [2.45, 2.75) is 6.54 Å². The minimum atomic E-state index is 0. The van der Waals surface area contributed by atoms with Crippen LogP contribution in [0.5, 0.6) is 0 Å². The van der Waals surface area contributed by atoms with Crippen molar-refractivity contribution in [3.05, 3.63) is 35.9 Å². The Kier molecular flexibility index (Phi) is 10.1. The molecule has 0 aliphatic rings. The van der Waals surface area contributed by atoms with Crippen LogP contribution in [0.3, 0.4) is 0 Å². The number of benzene rings is 1. The van der Waals surface area contributed by atoms with Crippen molar-refractivity contribution in [2.24, 2.45) is 0 Å². The van der Waals surface area contributed by atoms with Crippen LogP contribution < -0.4 is 18.9 Å². The summed E-state index contributed by atoms with van der Waals surface area (Å²) in [5.74, 6) is 0. The van der Waals surface area contributed by atoms with Crippen molar-refractivity contribution in [2.75, 3.05) is 14.1 Å². The topological polar surface area (TPSA) is 3.24 Å². The van der Waals surface area contributed by atoms with Crippen molar-refractivity contribution in [3.63, 3.8) is 0 Å². The van der Waals surface area contributed by atoms with E-state index in [1.807, 2.05) is 18.2 Å². The molecule has 0 aliphatic heterocycles. The third kappa shape index (κ3) is 6.03. The summed E-state index contributed by atoms with van der Waals surface area (Å²) in [4.78, 5) is 2.13. The molecule has 1 nitrogen and oxygen atoms in total. The van der Waals surface area contributed by atoms with E-state index >= 15 is 0 Å². The number of rotatable bonds is 2. The second kappa shape index (κ2) is 8.08. The van der Waals surface area contributed by atoms with Crippen molar-refractivity contribution in [1.29, 1.82) is 0 Å². The predicted molar refractivity (Wildman–Crippen MR) is 42.7 cm³/mol. The first-order valence-electron chi connectivity index (χ1n) is 3.39. The van der Waals surface area contributed by atoms with E-state index in [0.717, 1.165) is 6.54 Å². The maximum atomic E-state index is 3.16. The Morgan fingerprint density at radius 1 is 1.33 bits per heavy atom. The molecule has 0 amide bonds. The molecule has 0 saturated heterocycles. The van der Waals surface area contributed by atoms with Crippen molar-refractivity contribution in [1.82, 2.24) is 4.90 Å². The molecule has 0 saturated carbocycles. The summed E-state index contributed by atoms with van der Waals surface area (Å²) in [5.41, 5.74) is 1.24. The van der Waals surface area contributed by atoms with Gasteiger partial charge in [-0.05, 0) is 14.1 Å². The molecule has 0 spiro atoms. The molecule has 0 heterocycles. The van der Waals surface area contributed by atoms with Gasteiger partial charge >= 0.3 is 18.9 Å². The molecular weight excluding hydrogens is 225 g/mol. The Morgan fingerprint density at radius 2 is 2.00 bits per heavy atom. The van der Waals surface area contributed by atoms with Crippen LogP contribution in [0.1, 0.15) is 5.56 Å². The summed E-state index contributed by atoms with van der Waals surface area (Å²) in [6.07, 6.45) is 0. The van der Waals surface area contributed by atoms with Crippen molar-refractivity contribution < 1.29 is 39.9 Å². The Morgan fingerprint density at radius 3 is 2.42 bits per heavy atom. The van der Waals surface area contributed by atoms with Crippen LogP contribution in [-0.2, 0) is 27.6 Å². The van der Waals surface area contributed by atoms with Gasteiger partial charge in [0.1, 0.15) is 0 Å². The molecule has 0 fully saturated rings. The van der Waals surface area contributed by atoms with Crippen LogP contribution in [0.15, 0.2) is 24.3 Å². The Hall–Kier alpha value is 0.466. The van der Waals surface area contributed by atoms with Crippen LogP contribution >= 0.6 is 0 Å². The summed E-state index contributed by atoms with van der Waals surface area (Å²) < 4.78 is 0. The zero-order valence-corrected chi connectivity index (χ0v) is 9.88. The molecule has 0 aliphatic carbocycles. The fraction of sp³-hybridized carbons (Fsp3) is 0.333. The van der Waals surface area contributed by atoms with Gasteiger partial charge in [-0.3, -0.25) is 0 Å². The van der Waals surface area contributed by atoms with E-state index < -0.39 is 0 Å². The van der Waals surface area contributed by atoms with Crippen LogP contribution in [0, 0.1) is 6.07 Å². The van der Waals surface area contributed by atoms with Gasteiger partial charge in [0.2, 0.25) is 0 Å². The van der Waals surface area contributed by atoms with Gasteiger partial charge in [0.25, 0.3) is 0 Å². The first-order chi connectivity index (χ1) is 4.79. The number of hydrogen-bond acceptors (Lipinski definition) is 1. The summed E-state index contributed by atoms with van der Waals surface area (Å²) in [6, 6.07) is 11.2. The molecule has 0 radical (unpaired) electrons. The summed E-state index contributed by atoms with van der Waals surface area (Å²) >= 11 is 0. The molecule has 0 atom stereocenters. The average Bonchev–Trinajstić information content (AvgIpc) is 1.88. The fourth-order valence-corrected chi connectivity index (χ4v) is 0.870. The van der Waals surface area contributed by atoms with Crippen LogP contribution in [0.25, 0.3) is 0 Å². The van der Waals surface area contributed by atoms with Crippen LogP contribution in [0.4, 0.5) is 0 Å². The minimum Gasteiger partial charge on any atom is -0.307 e. The zero-order chi connectivity index (χ0) is 7.40. The molecular formula is C9H12LiMoN. The van der Waals surface area contributed by atoms with E-state index in [2.05, 4.69) is 31.1 Å². The average molecular weight is 237 g/mol. The molecule has 60 valence electrons. The fourth-order valence-electron chi connectivity index (χ4n) is 0.870. The van der Waals surface area contributed by atoms with Crippen LogP contribution in [0.2, 0.25) is 0 Å². The maximum absolute atomic E-state index is 3.16. The van der Waals surface area contributed by atoms with Crippen LogP contribution in [-0.4, -0.2) is 19.0 Å². The van der Waals surface area contributed by atoms with Gasteiger partial charge in [-0.1, -0.05) is 0 Å². The Bertz CT molecular complexity index is 189. The monoisotopic (exact) mass is 239 g/mol.